The van der Waals surface area contributed by atoms with E-state index in [4.69, 9.17) is 9.47 Å². The second kappa shape index (κ2) is 9.79. The Kier molecular flexibility index (Phi) is 7.41. The third-order valence-electron chi connectivity index (χ3n) is 3.53. The predicted molar refractivity (Wildman–Crippen MR) is 103 cm³/mol. The highest BCUT2D eigenvalue weighted by Gasteiger charge is 2.03. The van der Waals surface area contributed by atoms with Crippen LogP contribution in [-0.4, -0.2) is 32.4 Å². The first-order chi connectivity index (χ1) is 12.1. The van der Waals surface area contributed by atoms with E-state index in [1.54, 1.807) is 32.1 Å². The molecule has 2 aromatic rings. The van der Waals surface area contributed by atoms with E-state index in [1.807, 2.05) is 18.2 Å². The minimum absolute atomic E-state index is 0.112. The molecule has 0 aliphatic carbocycles. The molecule has 5 heteroatoms. The molecule has 0 atom stereocenters. The van der Waals surface area contributed by atoms with Crippen molar-refractivity contribution in [2.75, 3.05) is 26.5 Å². The SMILES string of the molecule is COc1ccc(/C=C/C(=O)NCCSc2ccc(C)cc2)cc1OC. The average molecular weight is 357 g/mol. The van der Waals surface area contributed by atoms with Gasteiger partial charge in [-0.1, -0.05) is 23.8 Å². The van der Waals surface area contributed by atoms with Gasteiger partial charge in [-0.3, -0.25) is 4.79 Å². The highest BCUT2D eigenvalue weighted by Crippen LogP contribution is 2.27. The summed E-state index contributed by atoms with van der Waals surface area (Å²) in [5, 5.41) is 2.88. The zero-order chi connectivity index (χ0) is 18.1. The van der Waals surface area contributed by atoms with E-state index in [0.29, 0.717) is 18.0 Å². The maximum atomic E-state index is 11.9. The lowest BCUT2D eigenvalue weighted by Gasteiger charge is -2.07. The fourth-order valence-corrected chi connectivity index (χ4v) is 2.93. The molecule has 0 aliphatic rings. The molecule has 0 spiro atoms. The summed E-state index contributed by atoms with van der Waals surface area (Å²) in [6.07, 6.45) is 3.28. The Labute approximate surface area is 153 Å². The molecule has 0 fully saturated rings. The lowest BCUT2D eigenvalue weighted by molar-refractivity contribution is -0.116. The minimum Gasteiger partial charge on any atom is -0.493 e. The molecule has 0 aliphatic heterocycles. The number of ether oxygens (including phenoxy) is 2. The Morgan fingerprint density at radius 3 is 2.48 bits per heavy atom. The smallest absolute Gasteiger partial charge is 0.244 e. The number of rotatable bonds is 8. The maximum absolute atomic E-state index is 11.9. The summed E-state index contributed by atoms with van der Waals surface area (Å²) in [5.74, 6) is 2.02. The molecule has 1 N–H and O–H groups in total. The first-order valence-electron chi connectivity index (χ1n) is 8.00. The maximum Gasteiger partial charge on any atom is 0.244 e. The van der Waals surface area contributed by atoms with Crippen LogP contribution in [0.3, 0.4) is 0 Å². The van der Waals surface area contributed by atoms with Crippen molar-refractivity contribution >= 4 is 23.7 Å². The van der Waals surface area contributed by atoms with Gasteiger partial charge in [0.1, 0.15) is 0 Å². The van der Waals surface area contributed by atoms with E-state index in [2.05, 4.69) is 36.5 Å². The van der Waals surface area contributed by atoms with Gasteiger partial charge in [0.15, 0.2) is 11.5 Å². The van der Waals surface area contributed by atoms with Crippen LogP contribution in [-0.2, 0) is 4.79 Å². The van der Waals surface area contributed by atoms with Gasteiger partial charge >= 0.3 is 0 Å². The van der Waals surface area contributed by atoms with Crippen LogP contribution in [0.15, 0.2) is 53.4 Å². The summed E-state index contributed by atoms with van der Waals surface area (Å²) >= 11 is 1.73. The topological polar surface area (TPSA) is 47.6 Å². The second-order valence-corrected chi connectivity index (χ2v) is 6.57. The molecule has 0 bridgehead atoms. The van der Waals surface area contributed by atoms with E-state index in [9.17, 15) is 4.79 Å². The van der Waals surface area contributed by atoms with Crippen molar-refractivity contribution in [2.24, 2.45) is 0 Å². The van der Waals surface area contributed by atoms with Crippen molar-refractivity contribution in [3.05, 3.63) is 59.7 Å². The lowest BCUT2D eigenvalue weighted by Crippen LogP contribution is -2.23. The van der Waals surface area contributed by atoms with Crippen LogP contribution in [0.25, 0.3) is 6.08 Å². The van der Waals surface area contributed by atoms with Gasteiger partial charge in [0.2, 0.25) is 5.91 Å². The van der Waals surface area contributed by atoms with Gasteiger partial charge in [0, 0.05) is 23.3 Å². The number of amides is 1. The number of thioether (sulfide) groups is 1. The highest BCUT2D eigenvalue weighted by molar-refractivity contribution is 7.99. The van der Waals surface area contributed by atoms with Crippen LogP contribution in [0.4, 0.5) is 0 Å². The van der Waals surface area contributed by atoms with Crippen molar-refractivity contribution in [1.82, 2.24) is 5.32 Å². The molecular formula is C20H23NO3S. The highest BCUT2D eigenvalue weighted by atomic mass is 32.2. The standard InChI is InChI=1S/C20H23NO3S/c1-15-4-8-17(9-5-15)25-13-12-21-20(22)11-7-16-6-10-18(23-2)19(14-16)24-3/h4-11,14H,12-13H2,1-3H3,(H,21,22)/b11-7+. The Hall–Kier alpha value is -2.40. The summed E-state index contributed by atoms with van der Waals surface area (Å²) < 4.78 is 10.4. The summed E-state index contributed by atoms with van der Waals surface area (Å²) in [5.41, 5.74) is 2.12. The Balaban J connectivity index is 1.77. The third-order valence-corrected chi connectivity index (χ3v) is 4.54. The number of methoxy groups -OCH3 is 2. The van der Waals surface area contributed by atoms with Crippen molar-refractivity contribution in [3.63, 3.8) is 0 Å². The average Bonchev–Trinajstić information content (AvgIpc) is 2.64. The van der Waals surface area contributed by atoms with Crippen LogP contribution < -0.4 is 14.8 Å². The zero-order valence-corrected chi connectivity index (χ0v) is 15.6. The van der Waals surface area contributed by atoms with Crippen molar-refractivity contribution in [1.29, 1.82) is 0 Å². The van der Waals surface area contributed by atoms with Gasteiger partial charge in [-0.05, 0) is 42.8 Å². The van der Waals surface area contributed by atoms with E-state index < -0.39 is 0 Å². The lowest BCUT2D eigenvalue weighted by atomic mass is 10.2. The molecule has 0 saturated carbocycles. The first-order valence-corrected chi connectivity index (χ1v) is 8.98. The largest absolute Gasteiger partial charge is 0.493 e. The molecule has 1 amide bonds. The van der Waals surface area contributed by atoms with Gasteiger partial charge in [-0.15, -0.1) is 11.8 Å². The Bertz CT molecular complexity index is 726. The van der Waals surface area contributed by atoms with E-state index in [-0.39, 0.29) is 5.91 Å². The predicted octanol–water partition coefficient (Wildman–Crippen LogP) is 3.93. The molecule has 0 unspecified atom stereocenters. The molecule has 0 saturated heterocycles. The number of hydrogen-bond acceptors (Lipinski definition) is 4. The summed E-state index contributed by atoms with van der Waals surface area (Å²) in [4.78, 5) is 13.1. The van der Waals surface area contributed by atoms with E-state index in [0.717, 1.165) is 11.3 Å². The number of carbonyl (C=O) groups excluding carboxylic acids is 1. The quantitative estimate of drug-likeness (QED) is 0.442. The van der Waals surface area contributed by atoms with Gasteiger partial charge in [-0.2, -0.15) is 0 Å². The van der Waals surface area contributed by atoms with E-state index >= 15 is 0 Å². The number of hydrogen-bond donors (Lipinski definition) is 1. The van der Waals surface area contributed by atoms with Crippen LogP contribution in [0.5, 0.6) is 11.5 Å². The molecule has 0 heterocycles. The monoisotopic (exact) mass is 357 g/mol. The molecule has 0 radical (unpaired) electrons. The van der Waals surface area contributed by atoms with Gasteiger partial charge in [-0.25, -0.2) is 0 Å². The fourth-order valence-electron chi connectivity index (χ4n) is 2.16. The summed E-state index contributed by atoms with van der Waals surface area (Å²) in [6.45, 7) is 2.69. The Morgan fingerprint density at radius 1 is 1.08 bits per heavy atom. The van der Waals surface area contributed by atoms with Crippen molar-refractivity contribution < 1.29 is 14.3 Å². The second-order valence-electron chi connectivity index (χ2n) is 5.40. The van der Waals surface area contributed by atoms with E-state index in [1.165, 1.54) is 16.5 Å². The summed E-state index contributed by atoms with van der Waals surface area (Å²) in [7, 11) is 3.18. The van der Waals surface area contributed by atoms with Crippen LogP contribution in [0, 0.1) is 6.92 Å². The molecule has 25 heavy (non-hydrogen) atoms. The van der Waals surface area contributed by atoms with Crippen molar-refractivity contribution in [2.45, 2.75) is 11.8 Å². The first kappa shape index (κ1) is 18.9. The molecule has 132 valence electrons. The van der Waals surface area contributed by atoms with Crippen LogP contribution in [0.1, 0.15) is 11.1 Å². The number of benzene rings is 2. The normalized spacial score (nSPS) is 10.7. The zero-order valence-electron chi connectivity index (χ0n) is 14.7. The van der Waals surface area contributed by atoms with Crippen LogP contribution in [0.2, 0.25) is 0 Å². The molecule has 2 rings (SSSR count). The minimum atomic E-state index is -0.112. The van der Waals surface area contributed by atoms with Crippen molar-refractivity contribution in [3.8, 4) is 11.5 Å². The number of aryl methyl sites for hydroxylation is 1. The Morgan fingerprint density at radius 2 is 1.80 bits per heavy atom. The number of carbonyl (C=O) groups is 1. The summed E-state index contributed by atoms with van der Waals surface area (Å²) in [6, 6.07) is 13.9. The number of nitrogens with one attached hydrogen (secondary N) is 1. The molecular weight excluding hydrogens is 334 g/mol. The van der Waals surface area contributed by atoms with Gasteiger partial charge in [0.05, 0.1) is 14.2 Å². The van der Waals surface area contributed by atoms with Gasteiger partial charge in [0.25, 0.3) is 0 Å². The molecule has 0 aromatic heterocycles. The molecule has 2 aromatic carbocycles. The fraction of sp³-hybridized carbons (Fsp3) is 0.250. The van der Waals surface area contributed by atoms with Crippen LogP contribution >= 0.6 is 11.8 Å². The van der Waals surface area contributed by atoms with Gasteiger partial charge < -0.3 is 14.8 Å². The molecule has 4 nitrogen and oxygen atoms in total. The third kappa shape index (κ3) is 6.19.